The number of benzene rings is 1. The van der Waals surface area contributed by atoms with E-state index in [2.05, 4.69) is 32.9 Å². The lowest BCUT2D eigenvalue weighted by Crippen LogP contribution is -2.46. The van der Waals surface area contributed by atoms with E-state index < -0.39 is 0 Å². The van der Waals surface area contributed by atoms with Gasteiger partial charge in [-0.1, -0.05) is 15.9 Å². The van der Waals surface area contributed by atoms with Gasteiger partial charge in [-0.2, -0.15) is 0 Å². The average Bonchev–Trinajstić information content (AvgIpc) is 3.26. The van der Waals surface area contributed by atoms with E-state index in [9.17, 15) is 9.59 Å². The Morgan fingerprint density at radius 2 is 2.10 bits per heavy atom. The predicted octanol–water partition coefficient (Wildman–Crippen LogP) is 3.27. The summed E-state index contributed by atoms with van der Waals surface area (Å²) in [6.07, 6.45) is 5.28. The van der Waals surface area contributed by atoms with E-state index in [1.807, 2.05) is 29.2 Å². The zero-order valence-electron chi connectivity index (χ0n) is 17.0. The Labute approximate surface area is 183 Å². The first-order chi connectivity index (χ1) is 14.5. The van der Waals surface area contributed by atoms with E-state index in [0.29, 0.717) is 24.0 Å². The number of carbonyl (C=O) groups is 1. The third kappa shape index (κ3) is 4.65. The van der Waals surface area contributed by atoms with Crippen LogP contribution in [0.3, 0.4) is 0 Å². The number of hydrogen-bond acceptors (Lipinski definition) is 5. The molecule has 0 bridgehead atoms. The monoisotopic (exact) mass is 472 g/mol. The first-order valence-corrected chi connectivity index (χ1v) is 11.0. The summed E-state index contributed by atoms with van der Waals surface area (Å²) in [5, 5.41) is 0.544. The quantitative estimate of drug-likeness (QED) is 0.550. The number of aryl methyl sites for hydroxylation is 1. The highest BCUT2D eigenvalue weighted by molar-refractivity contribution is 9.10. The molecule has 2 aromatic heterocycles. The van der Waals surface area contributed by atoms with Gasteiger partial charge in [-0.15, -0.1) is 0 Å². The van der Waals surface area contributed by atoms with Crippen LogP contribution in [0.1, 0.15) is 25.0 Å². The van der Waals surface area contributed by atoms with Gasteiger partial charge in [0.15, 0.2) is 0 Å². The molecule has 3 aromatic rings. The fourth-order valence-electron chi connectivity index (χ4n) is 3.95. The summed E-state index contributed by atoms with van der Waals surface area (Å²) in [6.45, 7) is 2.69. The molecule has 1 amide bonds. The number of aromatic nitrogens is 2. The van der Waals surface area contributed by atoms with E-state index in [4.69, 9.17) is 4.42 Å². The van der Waals surface area contributed by atoms with Crippen LogP contribution >= 0.6 is 15.9 Å². The maximum absolute atomic E-state index is 13.2. The smallest absolute Gasteiger partial charge is 0.261 e. The number of piperidine rings is 1. The molecule has 1 aliphatic rings. The number of rotatable bonds is 6. The number of halogens is 1. The van der Waals surface area contributed by atoms with Crippen LogP contribution in [-0.4, -0.2) is 51.4 Å². The van der Waals surface area contributed by atoms with E-state index in [0.717, 1.165) is 36.2 Å². The van der Waals surface area contributed by atoms with Crippen LogP contribution in [0, 0.1) is 0 Å². The van der Waals surface area contributed by atoms with Crippen molar-refractivity contribution in [3.05, 3.63) is 63.5 Å². The van der Waals surface area contributed by atoms with Crippen molar-refractivity contribution in [2.75, 3.05) is 20.1 Å². The first kappa shape index (κ1) is 20.8. The van der Waals surface area contributed by atoms with Gasteiger partial charge in [0.1, 0.15) is 5.76 Å². The SMILES string of the molecule is CN1CCC(N(Cc2ccco2)C(=O)CCn2cnc3ccc(Br)cc3c2=O)CC1. The molecule has 0 aliphatic carbocycles. The highest BCUT2D eigenvalue weighted by Crippen LogP contribution is 2.20. The molecule has 7 nitrogen and oxygen atoms in total. The minimum atomic E-state index is -0.133. The molecule has 0 saturated carbocycles. The van der Waals surface area contributed by atoms with Crippen LogP contribution < -0.4 is 5.56 Å². The van der Waals surface area contributed by atoms with Gasteiger partial charge in [0.05, 0.1) is 30.0 Å². The van der Waals surface area contributed by atoms with Crippen molar-refractivity contribution >= 4 is 32.7 Å². The molecule has 0 radical (unpaired) electrons. The molecular formula is C22H25BrN4O3. The third-order valence-electron chi connectivity index (χ3n) is 5.71. The summed E-state index contributed by atoms with van der Waals surface area (Å²) in [6, 6.07) is 9.35. The number of hydrogen-bond donors (Lipinski definition) is 0. The lowest BCUT2D eigenvalue weighted by Gasteiger charge is -2.37. The molecule has 1 aliphatic heterocycles. The van der Waals surface area contributed by atoms with E-state index in [1.165, 1.54) is 10.9 Å². The van der Waals surface area contributed by atoms with Gasteiger partial charge in [0.2, 0.25) is 5.91 Å². The van der Waals surface area contributed by atoms with Gasteiger partial charge in [0.25, 0.3) is 5.56 Å². The fraction of sp³-hybridized carbons (Fsp3) is 0.409. The van der Waals surface area contributed by atoms with Crippen molar-refractivity contribution in [1.82, 2.24) is 19.4 Å². The molecule has 1 fully saturated rings. The minimum Gasteiger partial charge on any atom is -0.467 e. The van der Waals surface area contributed by atoms with Gasteiger partial charge in [-0.05, 0) is 63.3 Å². The van der Waals surface area contributed by atoms with Gasteiger partial charge in [0, 0.05) is 23.5 Å². The highest BCUT2D eigenvalue weighted by Gasteiger charge is 2.27. The van der Waals surface area contributed by atoms with Crippen molar-refractivity contribution in [1.29, 1.82) is 0 Å². The molecular weight excluding hydrogens is 448 g/mol. The van der Waals surface area contributed by atoms with Crippen LogP contribution in [0.5, 0.6) is 0 Å². The second-order valence-electron chi connectivity index (χ2n) is 7.79. The number of fused-ring (bicyclic) bond motifs is 1. The molecule has 0 N–H and O–H groups in total. The molecule has 0 atom stereocenters. The molecule has 0 spiro atoms. The number of amides is 1. The summed E-state index contributed by atoms with van der Waals surface area (Å²) in [5.74, 6) is 0.804. The Kier molecular flexibility index (Phi) is 6.34. The topological polar surface area (TPSA) is 71.6 Å². The van der Waals surface area contributed by atoms with E-state index >= 15 is 0 Å². The van der Waals surface area contributed by atoms with Crippen molar-refractivity contribution in [3.8, 4) is 0 Å². The van der Waals surface area contributed by atoms with E-state index in [-0.39, 0.29) is 23.9 Å². The highest BCUT2D eigenvalue weighted by atomic mass is 79.9. The van der Waals surface area contributed by atoms with Crippen molar-refractivity contribution in [3.63, 3.8) is 0 Å². The maximum atomic E-state index is 13.2. The summed E-state index contributed by atoms with van der Waals surface area (Å²) in [5.41, 5.74) is 0.516. The van der Waals surface area contributed by atoms with Crippen molar-refractivity contribution in [2.24, 2.45) is 0 Å². The summed E-state index contributed by atoms with van der Waals surface area (Å²) in [4.78, 5) is 34.6. The Morgan fingerprint density at radius 3 is 2.83 bits per heavy atom. The molecule has 0 unspecified atom stereocenters. The Hall–Kier alpha value is -2.45. The number of carbonyl (C=O) groups excluding carboxylic acids is 1. The number of nitrogens with zero attached hydrogens (tertiary/aromatic N) is 4. The maximum Gasteiger partial charge on any atom is 0.261 e. The van der Waals surface area contributed by atoms with Crippen LogP contribution in [0.4, 0.5) is 0 Å². The Balaban J connectivity index is 1.50. The van der Waals surface area contributed by atoms with Gasteiger partial charge in [-0.25, -0.2) is 4.98 Å². The number of furan rings is 1. The second-order valence-corrected chi connectivity index (χ2v) is 8.71. The molecule has 1 aromatic carbocycles. The van der Waals surface area contributed by atoms with Crippen molar-refractivity contribution < 1.29 is 9.21 Å². The first-order valence-electron chi connectivity index (χ1n) is 10.2. The van der Waals surface area contributed by atoms with Crippen LogP contribution in [0.25, 0.3) is 10.9 Å². The van der Waals surface area contributed by atoms with Crippen LogP contribution in [0.2, 0.25) is 0 Å². The standard InChI is InChI=1S/C22H25BrN4O3/c1-25-9-6-17(7-10-25)27(14-18-3-2-12-30-18)21(28)8-11-26-15-24-20-5-4-16(23)13-19(20)22(26)29/h2-5,12-13,15,17H,6-11,14H2,1H3. The fourth-order valence-corrected chi connectivity index (χ4v) is 4.31. The van der Waals surface area contributed by atoms with Crippen LogP contribution in [-0.2, 0) is 17.9 Å². The third-order valence-corrected chi connectivity index (χ3v) is 6.20. The Bertz CT molecular complexity index is 1070. The minimum absolute atomic E-state index is 0.0298. The second kappa shape index (κ2) is 9.14. The lowest BCUT2D eigenvalue weighted by atomic mass is 10.0. The average molecular weight is 473 g/mol. The largest absolute Gasteiger partial charge is 0.467 e. The zero-order chi connectivity index (χ0) is 21.1. The number of likely N-dealkylation sites (tertiary alicyclic amines) is 1. The molecule has 158 valence electrons. The van der Waals surface area contributed by atoms with Gasteiger partial charge < -0.3 is 14.2 Å². The normalized spacial score (nSPS) is 15.5. The molecule has 1 saturated heterocycles. The van der Waals surface area contributed by atoms with Crippen molar-refractivity contribution in [2.45, 2.75) is 38.4 Å². The molecule has 30 heavy (non-hydrogen) atoms. The van der Waals surface area contributed by atoms with E-state index in [1.54, 1.807) is 12.3 Å². The molecule has 8 heteroatoms. The summed E-state index contributed by atoms with van der Waals surface area (Å²) in [7, 11) is 2.10. The molecule has 3 heterocycles. The van der Waals surface area contributed by atoms with Crippen LogP contribution in [0.15, 0.2) is 56.6 Å². The lowest BCUT2D eigenvalue weighted by molar-refractivity contribution is -0.135. The van der Waals surface area contributed by atoms with Gasteiger partial charge >= 0.3 is 0 Å². The Morgan fingerprint density at radius 1 is 1.30 bits per heavy atom. The zero-order valence-corrected chi connectivity index (χ0v) is 18.5. The van der Waals surface area contributed by atoms with Gasteiger partial charge in [-0.3, -0.25) is 14.2 Å². The summed E-state index contributed by atoms with van der Waals surface area (Å²) >= 11 is 3.40. The molecule has 4 rings (SSSR count). The predicted molar refractivity (Wildman–Crippen MR) is 118 cm³/mol. The summed E-state index contributed by atoms with van der Waals surface area (Å²) < 4.78 is 7.84.